The van der Waals surface area contributed by atoms with Crippen LogP contribution in [0.2, 0.25) is 0 Å². The third-order valence-corrected chi connectivity index (χ3v) is 3.58. The van der Waals surface area contributed by atoms with Gasteiger partial charge in [0, 0.05) is 4.90 Å². The van der Waals surface area contributed by atoms with Crippen molar-refractivity contribution in [3.8, 4) is 0 Å². The van der Waals surface area contributed by atoms with Crippen LogP contribution in [0.5, 0.6) is 0 Å². The summed E-state index contributed by atoms with van der Waals surface area (Å²) >= 11 is 1.74. The second-order valence-electron chi connectivity index (χ2n) is 3.92. The Balaban J connectivity index is 2.13. The molecule has 0 aromatic heterocycles. The molecule has 2 rings (SSSR count). The second kappa shape index (κ2) is 5.41. The molecular formula is C13H17NOS. The maximum absolute atomic E-state index is 6.21. The van der Waals surface area contributed by atoms with Crippen LogP contribution in [0.25, 0.3) is 0 Å². The van der Waals surface area contributed by atoms with Crippen molar-refractivity contribution in [2.24, 2.45) is 5.73 Å². The normalized spacial score (nSPS) is 17.5. The Kier molecular flexibility index (Phi) is 3.91. The molecule has 1 aliphatic heterocycles. The van der Waals surface area contributed by atoms with Crippen LogP contribution < -0.4 is 5.73 Å². The predicted molar refractivity (Wildman–Crippen MR) is 68.4 cm³/mol. The van der Waals surface area contributed by atoms with Crippen LogP contribution in [0.4, 0.5) is 0 Å². The molecule has 16 heavy (non-hydrogen) atoms. The van der Waals surface area contributed by atoms with E-state index in [2.05, 4.69) is 30.5 Å². The number of ether oxygens (including phenoxy) is 1. The van der Waals surface area contributed by atoms with Crippen molar-refractivity contribution < 1.29 is 4.74 Å². The summed E-state index contributed by atoms with van der Waals surface area (Å²) in [7, 11) is 0. The molecule has 2 nitrogen and oxygen atoms in total. The zero-order valence-electron chi connectivity index (χ0n) is 9.48. The molecule has 1 aromatic rings. The summed E-state index contributed by atoms with van der Waals surface area (Å²) in [5.41, 5.74) is 8.57. The Bertz CT molecular complexity index is 372. The van der Waals surface area contributed by atoms with Crippen molar-refractivity contribution >= 4 is 11.8 Å². The average molecular weight is 235 g/mol. The van der Waals surface area contributed by atoms with Gasteiger partial charge in [0.1, 0.15) is 0 Å². The number of rotatable bonds is 3. The third-order valence-electron chi connectivity index (χ3n) is 2.84. The van der Waals surface area contributed by atoms with Gasteiger partial charge in [0.25, 0.3) is 0 Å². The van der Waals surface area contributed by atoms with Crippen molar-refractivity contribution in [3.63, 3.8) is 0 Å². The highest BCUT2D eigenvalue weighted by Gasteiger charge is 2.14. The first-order valence-electron chi connectivity index (χ1n) is 5.51. The predicted octanol–water partition coefficient (Wildman–Crippen LogP) is 3.10. The summed E-state index contributed by atoms with van der Waals surface area (Å²) in [6, 6.07) is 8.42. The second-order valence-corrected chi connectivity index (χ2v) is 4.80. The summed E-state index contributed by atoms with van der Waals surface area (Å²) in [5.74, 6) is 0. The minimum Gasteiger partial charge on any atom is -0.501 e. The lowest BCUT2D eigenvalue weighted by molar-refractivity contribution is 0.221. The monoisotopic (exact) mass is 235 g/mol. The van der Waals surface area contributed by atoms with Gasteiger partial charge >= 0.3 is 0 Å². The molecule has 0 radical (unpaired) electrons. The molecule has 2 N–H and O–H groups in total. The molecule has 3 heteroatoms. The van der Waals surface area contributed by atoms with Gasteiger partial charge in [0.05, 0.1) is 18.9 Å². The summed E-state index contributed by atoms with van der Waals surface area (Å²) in [4.78, 5) is 1.27. The van der Waals surface area contributed by atoms with E-state index >= 15 is 0 Å². The van der Waals surface area contributed by atoms with Gasteiger partial charge in [-0.25, -0.2) is 0 Å². The Morgan fingerprint density at radius 3 is 2.62 bits per heavy atom. The standard InChI is InChI=1S/C13H17NOS/c1-16-12-6-4-10(5-7-12)13(14)11-3-2-8-15-9-11/h4-7,9,13H,2-3,8,14H2,1H3. The molecule has 86 valence electrons. The van der Waals surface area contributed by atoms with Crippen molar-refractivity contribution in [1.29, 1.82) is 0 Å². The summed E-state index contributed by atoms with van der Waals surface area (Å²) < 4.78 is 5.32. The molecular weight excluding hydrogens is 218 g/mol. The van der Waals surface area contributed by atoms with Crippen LogP contribution in [0.3, 0.4) is 0 Å². The van der Waals surface area contributed by atoms with Crippen LogP contribution in [0.1, 0.15) is 24.4 Å². The maximum Gasteiger partial charge on any atom is 0.0876 e. The number of hydrogen-bond acceptors (Lipinski definition) is 3. The van der Waals surface area contributed by atoms with E-state index < -0.39 is 0 Å². The van der Waals surface area contributed by atoms with E-state index in [-0.39, 0.29) is 6.04 Å². The summed E-state index contributed by atoms with van der Waals surface area (Å²) in [5, 5.41) is 0. The fourth-order valence-corrected chi connectivity index (χ4v) is 2.25. The lowest BCUT2D eigenvalue weighted by atomic mass is 9.96. The van der Waals surface area contributed by atoms with Gasteiger partial charge in [0.2, 0.25) is 0 Å². The van der Waals surface area contributed by atoms with Crippen molar-refractivity contribution in [2.75, 3.05) is 12.9 Å². The van der Waals surface area contributed by atoms with Crippen molar-refractivity contribution in [2.45, 2.75) is 23.8 Å². The number of benzene rings is 1. The van der Waals surface area contributed by atoms with E-state index in [0.717, 1.165) is 25.0 Å². The summed E-state index contributed by atoms with van der Waals surface area (Å²) in [6.45, 7) is 0.821. The van der Waals surface area contributed by atoms with E-state index in [1.807, 2.05) is 6.26 Å². The number of hydrogen-bond donors (Lipinski definition) is 1. The molecule has 1 aromatic carbocycles. The molecule has 1 atom stereocenters. The highest BCUT2D eigenvalue weighted by molar-refractivity contribution is 7.98. The molecule has 0 aliphatic carbocycles. The van der Waals surface area contributed by atoms with Gasteiger partial charge < -0.3 is 10.5 Å². The van der Waals surface area contributed by atoms with E-state index in [1.165, 1.54) is 10.5 Å². The van der Waals surface area contributed by atoms with Gasteiger partial charge in [-0.05, 0) is 42.4 Å². The van der Waals surface area contributed by atoms with Gasteiger partial charge in [-0.3, -0.25) is 0 Å². The highest BCUT2D eigenvalue weighted by Crippen LogP contribution is 2.26. The average Bonchev–Trinajstić information content (AvgIpc) is 2.39. The van der Waals surface area contributed by atoms with Crippen molar-refractivity contribution in [1.82, 2.24) is 0 Å². The van der Waals surface area contributed by atoms with Gasteiger partial charge in [-0.2, -0.15) is 0 Å². The van der Waals surface area contributed by atoms with E-state index in [1.54, 1.807) is 11.8 Å². The molecule has 0 bridgehead atoms. The molecule has 0 saturated carbocycles. The minimum atomic E-state index is -0.0174. The third kappa shape index (κ3) is 2.60. The van der Waals surface area contributed by atoms with Gasteiger partial charge in [-0.15, -0.1) is 11.8 Å². The first-order valence-corrected chi connectivity index (χ1v) is 6.74. The Hall–Kier alpha value is -0.930. The number of nitrogens with two attached hydrogens (primary N) is 1. The Morgan fingerprint density at radius 2 is 2.06 bits per heavy atom. The SMILES string of the molecule is CSc1ccc(C(N)C2=COCCC2)cc1. The fourth-order valence-electron chi connectivity index (χ4n) is 1.84. The van der Waals surface area contributed by atoms with Crippen LogP contribution in [0.15, 0.2) is 41.0 Å². The lowest BCUT2D eigenvalue weighted by Crippen LogP contribution is -2.16. The Labute approximate surface area is 101 Å². The highest BCUT2D eigenvalue weighted by atomic mass is 32.2. The first-order chi connectivity index (χ1) is 7.81. The smallest absolute Gasteiger partial charge is 0.0876 e. The molecule has 0 amide bonds. The van der Waals surface area contributed by atoms with Crippen LogP contribution in [0, 0.1) is 0 Å². The summed E-state index contributed by atoms with van der Waals surface area (Å²) in [6.07, 6.45) is 6.02. The van der Waals surface area contributed by atoms with E-state index in [9.17, 15) is 0 Å². The van der Waals surface area contributed by atoms with E-state index in [4.69, 9.17) is 10.5 Å². The molecule has 1 aliphatic rings. The minimum absolute atomic E-state index is 0.0174. The zero-order valence-corrected chi connectivity index (χ0v) is 10.3. The first kappa shape index (κ1) is 11.6. The van der Waals surface area contributed by atoms with Gasteiger partial charge in [-0.1, -0.05) is 12.1 Å². The topological polar surface area (TPSA) is 35.2 Å². The fraction of sp³-hybridized carbons (Fsp3) is 0.385. The largest absolute Gasteiger partial charge is 0.501 e. The zero-order chi connectivity index (χ0) is 11.4. The van der Waals surface area contributed by atoms with Crippen LogP contribution in [-0.2, 0) is 4.74 Å². The molecule has 0 spiro atoms. The quantitative estimate of drug-likeness (QED) is 0.818. The van der Waals surface area contributed by atoms with Gasteiger partial charge in [0.15, 0.2) is 0 Å². The van der Waals surface area contributed by atoms with E-state index in [0.29, 0.717) is 0 Å². The lowest BCUT2D eigenvalue weighted by Gasteiger charge is -2.20. The van der Waals surface area contributed by atoms with Crippen molar-refractivity contribution in [3.05, 3.63) is 41.7 Å². The molecule has 1 unspecified atom stereocenters. The molecule has 1 heterocycles. The van der Waals surface area contributed by atoms with Crippen LogP contribution in [-0.4, -0.2) is 12.9 Å². The van der Waals surface area contributed by atoms with Crippen LogP contribution >= 0.6 is 11.8 Å². The Morgan fingerprint density at radius 1 is 1.31 bits per heavy atom. The molecule has 0 fully saturated rings. The maximum atomic E-state index is 6.21. The molecule has 0 saturated heterocycles. The number of thioether (sulfide) groups is 1.